The fourth-order valence-corrected chi connectivity index (χ4v) is 2.63. The summed E-state index contributed by atoms with van der Waals surface area (Å²) in [6.07, 6.45) is 1.77. The van der Waals surface area contributed by atoms with Crippen LogP contribution < -0.4 is 10.1 Å². The van der Waals surface area contributed by atoms with Crippen molar-refractivity contribution >= 4 is 33.2 Å². The number of methoxy groups -OCH3 is 1. The SMILES string of the molecule is COc1c(Br)cc(Cl)cc1NCc1ccnn1C. The minimum Gasteiger partial charge on any atom is -0.493 e. The summed E-state index contributed by atoms with van der Waals surface area (Å²) >= 11 is 9.45. The van der Waals surface area contributed by atoms with Gasteiger partial charge in [0.15, 0.2) is 5.75 Å². The van der Waals surface area contributed by atoms with Crippen molar-refractivity contribution in [3.05, 3.63) is 39.6 Å². The number of aromatic nitrogens is 2. The van der Waals surface area contributed by atoms with E-state index in [4.69, 9.17) is 16.3 Å². The zero-order chi connectivity index (χ0) is 13.1. The number of aryl methyl sites for hydroxylation is 1. The zero-order valence-corrected chi connectivity index (χ0v) is 12.4. The van der Waals surface area contributed by atoms with E-state index in [1.165, 1.54) is 0 Å². The lowest BCUT2D eigenvalue weighted by Crippen LogP contribution is -2.06. The van der Waals surface area contributed by atoms with E-state index in [9.17, 15) is 0 Å². The van der Waals surface area contributed by atoms with Gasteiger partial charge in [-0.1, -0.05) is 11.6 Å². The summed E-state index contributed by atoms with van der Waals surface area (Å²) in [5.74, 6) is 0.738. The average molecular weight is 331 g/mol. The Morgan fingerprint density at radius 1 is 1.50 bits per heavy atom. The zero-order valence-electron chi connectivity index (χ0n) is 10.1. The van der Waals surface area contributed by atoms with Gasteiger partial charge in [0, 0.05) is 18.3 Å². The third kappa shape index (κ3) is 2.79. The minimum absolute atomic E-state index is 0.648. The van der Waals surface area contributed by atoms with Crippen LogP contribution in [0.15, 0.2) is 28.9 Å². The smallest absolute Gasteiger partial charge is 0.156 e. The molecule has 0 radical (unpaired) electrons. The van der Waals surface area contributed by atoms with Gasteiger partial charge in [0.25, 0.3) is 0 Å². The number of benzene rings is 1. The third-order valence-corrected chi connectivity index (χ3v) is 3.40. The molecular weight excluding hydrogens is 318 g/mol. The highest BCUT2D eigenvalue weighted by atomic mass is 79.9. The molecule has 6 heteroatoms. The van der Waals surface area contributed by atoms with Crippen LogP contribution in [0.4, 0.5) is 5.69 Å². The van der Waals surface area contributed by atoms with Crippen LogP contribution in [-0.4, -0.2) is 16.9 Å². The van der Waals surface area contributed by atoms with E-state index in [0.717, 1.165) is 21.6 Å². The topological polar surface area (TPSA) is 39.1 Å². The average Bonchev–Trinajstić information content (AvgIpc) is 2.71. The molecule has 0 saturated heterocycles. The van der Waals surface area contributed by atoms with Crippen LogP contribution >= 0.6 is 27.5 Å². The maximum Gasteiger partial charge on any atom is 0.156 e. The number of ether oxygens (including phenoxy) is 1. The Morgan fingerprint density at radius 2 is 2.28 bits per heavy atom. The van der Waals surface area contributed by atoms with Crippen LogP contribution in [0.3, 0.4) is 0 Å². The fraction of sp³-hybridized carbons (Fsp3) is 0.250. The third-order valence-electron chi connectivity index (χ3n) is 2.59. The second-order valence-electron chi connectivity index (χ2n) is 3.77. The van der Waals surface area contributed by atoms with E-state index in [2.05, 4.69) is 26.3 Å². The summed E-state index contributed by atoms with van der Waals surface area (Å²) in [6.45, 7) is 0.652. The number of hydrogen-bond acceptors (Lipinski definition) is 3. The van der Waals surface area contributed by atoms with Crippen LogP contribution in [0.25, 0.3) is 0 Å². The van der Waals surface area contributed by atoms with Crippen molar-refractivity contribution in [3.8, 4) is 5.75 Å². The molecule has 2 aromatic rings. The maximum absolute atomic E-state index is 6.03. The Labute approximate surface area is 119 Å². The monoisotopic (exact) mass is 329 g/mol. The molecule has 0 unspecified atom stereocenters. The summed E-state index contributed by atoms with van der Waals surface area (Å²) in [5, 5.41) is 8.05. The fourth-order valence-electron chi connectivity index (χ4n) is 1.66. The van der Waals surface area contributed by atoms with Gasteiger partial charge in [-0.05, 0) is 34.1 Å². The van der Waals surface area contributed by atoms with E-state index in [1.54, 1.807) is 19.4 Å². The predicted molar refractivity (Wildman–Crippen MR) is 76.2 cm³/mol. The molecule has 0 fully saturated rings. The molecule has 4 nitrogen and oxygen atoms in total. The lowest BCUT2D eigenvalue weighted by Gasteiger charge is -2.13. The van der Waals surface area contributed by atoms with Crippen molar-refractivity contribution in [2.24, 2.45) is 7.05 Å². The highest BCUT2D eigenvalue weighted by molar-refractivity contribution is 9.10. The van der Waals surface area contributed by atoms with Crippen molar-refractivity contribution < 1.29 is 4.74 Å². The van der Waals surface area contributed by atoms with Gasteiger partial charge in [0.05, 0.1) is 29.5 Å². The Hall–Kier alpha value is -1.20. The van der Waals surface area contributed by atoms with Crippen LogP contribution in [0.2, 0.25) is 5.02 Å². The summed E-state index contributed by atoms with van der Waals surface area (Å²) in [6, 6.07) is 5.59. The molecule has 0 bridgehead atoms. The molecule has 1 aromatic carbocycles. The molecule has 0 aliphatic heterocycles. The van der Waals surface area contributed by atoms with Crippen LogP contribution in [0.5, 0.6) is 5.75 Å². The van der Waals surface area contributed by atoms with E-state index in [0.29, 0.717) is 11.6 Å². The van der Waals surface area contributed by atoms with Crippen LogP contribution in [0.1, 0.15) is 5.69 Å². The molecule has 0 amide bonds. The Bertz CT molecular complexity index is 556. The molecule has 96 valence electrons. The summed E-state index contributed by atoms with van der Waals surface area (Å²) in [5.41, 5.74) is 1.92. The summed E-state index contributed by atoms with van der Waals surface area (Å²) in [7, 11) is 3.53. The molecule has 1 heterocycles. The first kappa shape index (κ1) is 13.2. The number of nitrogens with zero attached hydrogens (tertiary/aromatic N) is 2. The van der Waals surface area contributed by atoms with E-state index in [-0.39, 0.29) is 0 Å². The van der Waals surface area contributed by atoms with Gasteiger partial charge in [-0.15, -0.1) is 0 Å². The van der Waals surface area contributed by atoms with Gasteiger partial charge < -0.3 is 10.1 Å². The van der Waals surface area contributed by atoms with Crippen LogP contribution in [-0.2, 0) is 13.6 Å². The van der Waals surface area contributed by atoms with Gasteiger partial charge in [-0.2, -0.15) is 5.10 Å². The Balaban J connectivity index is 2.21. The molecular formula is C12H13BrClN3O. The molecule has 0 saturated carbocycles. The van der Waals surface area contributed by atoms with Crippen LogP contribution in [0, 0.1) is 0 Å². The highest BCUT2D eigenvalue weighted by Crippen LogP contribution is 2.36. The van der Waals surface area contributed by atoms with E-state index >= 15 is 0 Å². The van der Waals surface area contributed by atoms with Gasteiger partial charge >= 0.3 is 0 Å². The second kappa shape index (κ2) is 5.63. The Kier molecular flexibility index (Phi) is 4.14. The lowest BCUT2D eigenvalue weighted by atomic mass is 10.3. The molecule has 1 N–H and O–H groups in total. The van der Waals surface area contributed by atoms with Crippen molar-refractivity contribution in [2.45, 2.75) is 6.54 Å². The number of anilines is 1. The van der Waals surface area contributed by atoms with Gasteiger partial charge in [-0.25, -0.2) is 0 Å². The molecule has 0 aliphatic rings. The van der Waals surface area contributed by atoms with Gasteiger partial charge in [-0.3, -0.25) is 4.68 Å². The number of halogens is 2. The van der Waals surface area contributed by atoms with Crippen molar-refractivity contribution in [1.29, 1.82) is 0 Å². The molecule has 18 heavy (non-hydrogen) atoms. The first-order chi connectivity index (χ1) is 8.61. The van der Waals surface area contributed by atoms with Gasteiger partial charge in [0.2, 0.25) is 0 Å². The summed E-state index contributed by atoms with van der Waals surface area (Å²) in [4.78, 5) is 0. The highest BCUT2D eigenvalue weighted by Gasteiger charge is 2.09. The molecule has 0 aliphatic carbocycles. The van der Waals surface area contributed by atoms with Gasteiger partial charge in [0.1, 0.15) is 0 Å². The number of hydrogen-bond donors (Lipinski definition) is 1. The largest absolute Gasteiger partial charge is 0.493 e. The molecule has 0 atom stereocenters. The van der Waals surface area contributed by atoms with Crippen molar-refractivity contribution in [1.82, 2.24) is 9.78 Å². The predicted octanol–water partition coefficient (Wildman–Crippen LogP) is 3.46. The molecule has 2 rings (SSSR count). The second-order valence-corrected chi connectivity index (χ2v) is 5.06. The summed E-state index contributed by atoms with van der Waals surface area (Å²) < 4.78 is 7.98. The molecule has 1 aromatic heterocycles. The maximum atomic E-state index is 6.03. The number of rotatable bonds is 4. The van der Waals surface area contributed by atoms with E-state index < -0.39 is 0 Å². The van der Waals surface area contributed by atoms with E-state index in [1.807, 2.05) is 23.9 Å². The lowest BCUT2D eigenvalue weighted by molar-refractivity contribution is 0.414. The first-order valence-corrected chi connectivity index (χ1v) is 6.52. The quantitative estimate of drug-likeness (QED) is 0.933. The first-order valence-electron chi connectivity index (χ1n) is 5.35. The molecule has 0 spiro atoms. The van der Waals surface area contributed by atoms with Crippen molar-refractivity contribution in [2.75, 3.05) is 12.4 Å². The van der Waals surface area contributed by atoms with Crippen molar-refractivity contribution in [3.63, 3.8) is 0 Å². The normalized spacial score (nSPS) is 10.4. The number of nitrogens with one attached hydrogen (secondary N) is 1. The minimum atomic E-state index is 0.648. The standard InChI is InChI=1S/C12H13BrClN3O/c1-17-9(3-4-16-17)7-15-11-6-8(14)5-10(13)12(11)18-2/h3-6,15H,7H2,1-2H3. The Morgan fingerprint density at radius 3 is 2.89 bits per heavy atom.